The number of thioether (sulfide) groups is 1. The van der Waals surface area contributed by atoms with E-state index < -0.39 is 0 Å². The fourth-order valence-electron chi connectivity index (χ4n) is 2.61. The van der Waals surface area contributed by atoms with Crippen molar-refractivity contribution in [2.75, 3.05) is 11.1 Å². The fourth-order valence-corrected chi connectivity index (χ4v) is 3.52. The van der Waals surface area contributed by atoms with E-state index in [2.05, 4.69) is 15.5 Å². The summed E-state index contributed by atoms with van der Waals surface area (Å²) < 4.78 is 10.9. The number of anilines is 1. The van der Waals surface area contributed by atoms with Crippen LogP contribution in [-0.4, -0.2) is 21.9 Å². The Balaban J connectivity index is 1.35. The Hall–Kier alpha value is -3.03. The first kappa shape index (κ1) is 19.3. The predicted octanol–water partition coefficient (Wildman–Crippen LogP) is 5.52. The van der Waals surface area contributed by atoms with Crippen molar-refractivity contribution in [2.24, 2.45) is 0 Å². The molecule has 0 atom stereocenters. The molecule has 0 radical (unpaired) electrons. The quantitative estimate of drug-likeness (QED) is 0.419. The van der Waals surface area contributed by atoms with E-state index in [1.54, 1.807) is 24.5 Å². The van der Waals surface area contributed by atoms with Crippen LogP contribution in [0.4, 0.5) is 5.69 Å². The second kappa shape index (κ2) is 8.98. The van der Waals surface area contributed by atoms with Crippen LogP contribution in [0.15, 0.2) is 75.8 Å². The standard InChI is InChI=1S/C21H16ClN3O3S/c22-16-8-6-14(7-9-16)12-29-13-19(26)23-17-4-1-3-15(11-17)20-24-25-21(28-20)18-5-2-10-27-18/h1-11H,12-13H2,(H,23,26). The normalized spacial score (nSPS) is 10.8. The van der Waals surface area contributed by atoms with Crippen molar-refractivity contribution < 1.29 is 13.6 Å². The maximum absolute atomic E-state index is 12.2. The minimum atomic E-state index is -0.0806. The summed E-state index contributed by atoms with van der Waals surface area (Å²) >= 11 is 7.42. The molecule has 1 N–H and O–H groups in total. The van der Waals surface area contributed by atoms with Gasteiger partial charge in [-0.25, -0.2) is 0 Å². The van der Waals surface area contributed by atoms with Crippen molar-refractivity contribution in [2.45, 2.75) is 5.75 Å². The first-order valence-corrected chi connectivity index (χ1v) is 10.3. The smallest absolute Gasteiger partial charge is 0.283 e. The van der Waals surface area contributed by atoms with Crippen LogP contribution in [0, 0.1) is 0 Å². The van der Waals surface area contributed by atoms with Gasteiger partial charge in [0.1, 0.15) is 0 Å². The van der Waals surface area contributed by atoms with Crippen LogP contribution >= 0.6 is 23.4 Å². The van der Waals surface area contributed by atoms with Gasteiger partial charge in [-0.2, -0.15) is 0 Å². The molecule has 4 rings (SSSR count). The summed E-state index contributed by atoms with van der Waals surface area (Å²) in [5.41, 5.74) is 2.50. The van der Waals surface area contributed by atoms with Gasteiger partial charge in [0.05, 0.1) is 12.0 Å². The van der Waals surface area contributed by atoms with Crippen LogP contribution in [0.25, 0.3) is 23.1 Å². The number of furan rings is 1. The van der Waals surface area contributed by atoms with Crippen molar-refractivity contribution in [3.63, 3.8) is 0 Å². The highest BCUT2D eigenvalue weighted by Crippen LogP contribution is 2.26. The van der Waals surface area contributed by atoms with E-state index in [9.17, 15) is 4.79 Å². The van der Waals surface area contributed by atoms with Crippen molar-refractivity contribution in [1.29, 1.82) is 0 Å². The predicted molar refractivity (Wildman–Crippen MR) is 114 cm³/mol. The van der Waals surface area contributed by atoms with E-state index in [4.69, 9.17) is 20.4 Å². The van der Waals surface area contributed by atoms with Gasteiger partial charge < -0.3 is 14.2 Å². The number of benzene rings is 2. The van der Waals surface area contributed by atoms with Gasteiger partial charge in [-0.05, 0) is 48.0 Å². The lowest BCUT2D eigenvalue weighted by molar-refractivity contribution is -0.113. The van der Waals surface area contributed by atoms with Crippen LogP contribution in [0.1, 0.15) is 5.56 Å². The minimum Gasteiger partial charge on any atom is -0.459 e. The zero-order valence-electron chi connectivity index (χ0n) is 15.2. The summed E-state index contributed by atoms with van der Waals surface area (Å²) in [4.78, 5) is 12.2. The summed E-state index contributed by atoms with van der Waals surface area (Å²) in [5.74, 6) is 2.16. The van der Waals surface area contributed by atoms with Crippen LogP contribution in [0.5, 0.6) is 0 Å². The summed E-state index contributed by atoms with van der Waals surface area (Å²) in [5, 5.41) is 11.6. The molecular formula is C21H16ClN3O3S. The Morgan fingerprint density at radius 2 is 1.86 bits per heavy atom. The van der Waals surface area contributed by atoms with E-state index in [-0.39, 0.29) is 5.91 Å². The van der Waals surface area contributed by atoms with Crippen molar-refractivity contribution in [3.05, 3.63) is 77.5 Å². The van der Waals surface area contributed by atoms with Gasteiger partial charge in [0.2, 0.25) is 11.8 Å². The number of hydrogen-bond acceptors (Lipinski definition) is 6. The van der Waals surface area contributed by atoms with E-state index in [1.807, 2.05) is 42.5 Å². The molecule has 2 heterocycles. The van der Waals surface area contributed by atoms with Gasteiger partial charge in [-0.3, -0.25) is 4.79 Å². The number of carbonyl (C=O) groups excluding carboxylic acids is 1. The molecule has 0 aliphatic carbocycles. The van der Waals surface area contributed by atoms with Gasteiger partial charge in [0.25, 0.3) is 5.89 Å². The third-order valence-electron chi connectivity index (χ3n) is 3.97. The highest BCUT2D eigenvalue weighted by atomic mass is 35.5. The second-order valence-electron chi connectivity index (χ2n) is 6.14. The molecule has 0 aliphatic heterocycles. The van der Waals surface area contributed by atoms with Gasteiger partial charge in [0.15, 0.2) is 5.76 Å². The summed E-state index contributed by atoms with van der Waals surface area (Å²) in [7, 11) is 0. The van der Waals surface area contributed by atoms with E-state index >= 15 is 0 Å². The van der Waals surface area contributed by atoms with Crippen molar-refractivity contribution in [1.82, 2.24) is 10.2 Å². The lowest BCUT2D eigenvalue weighted by Crippen LogP contribution is -2.14. The number of hydrogen-bond donors (Lipinski definition) is 1. The average Bonchev–Trinajstić information content (AvgIpc) is 3.42. The monoisotopic (exact) mass is 425 g/mol. The van der Waals surface area contributed by atoms with Gasteiger partial charge >= 0.3 is 0 Å². The van der Waals surface area contributed by atoms with Crippen LogP contribution < -0.4 is 5.32 Å². The number of amides is 1. The zero-order valence-corrected chi connectivity index (χ0v) is 16.7. The number of nitrogens with zero attached hydrogens (tertiary/aromatic N) is 2. The molecule has 0 bridgehead atoms. The molecule has 0 saturated carbocycles. The third-order valence-corrected chi connectivity index (χ3v) is 5.22. The van der Waals surface area contributed by atoms with Crippen molar-refractivity contribution >= 4 is 35.0 Å². The largest absolute Gasteiger partial charge is 0.459 e. The van der Waals surface area contributed by atoms with Crippen LogP contribution in [0.2, 0.25) is 5.02 Å². The first-order chi connectivity index (χ1) is 14.2. The van der Waals surface area contributed by atoms with Gasteiger partial charge in [-0.15, -0.1) is 22.0 Å². The number of carbonyl (C=O) groups is 1. The molecule has 2 aromatic carbocycles. The Morgan fingerprint density at radius 3 is 2.66 bits per heavy atom. The molecule has 0 aliphatic rings. The first-order valence-electron chi connectivity index (χ1n) is 8.77. The Bertz CT molecular complexity index is 1090. The number of rotatable bonds is 7. The molecule has 4 aromatic rings. The lowest BCUT2D eigenvalue weighted by Gasteiger charge is -2.06. The highest BCUT2D eigenvalue weighted by molar-refractivity contribution is 7.99. The maximum atomic E-state index is 12.2. The molecule has 29 heavy (non-hydrogen) atoms. The molecule has 0 spiro atoms. The summed E-state index contributed by atoms with van der Waals surface area (Å²) in [6, 6.07) is 18.4. The van der Waals surface area contributed by atoms with E-state index in [0.29, 0.717) is 39.6 Å². The zero-order chi connectivity index (χ0) is 20.1. The molecule has 2 aromatic heterocycles. The summed E-state index contributed by atoms with van der Waals surface area (Å²) in [6.45, 7) is 0. The fraction of sp³-hybridized carbons (Fsp3) is 0.0952. The Morgan fingerprint density at radius 1 is 1.03 bits per heavy atom. The third kappa shape index (κ3) is 5.07. The molecule has 0 saturated heterocycles. The van der Waals surface area contributed by atoms with Crippen LogP contribution in [-0.2, 0) is 10.5 Å². The van der Waals surface area contributed by atoms with E-state index in [0.717, 1.165) is 11.3 Å². The Kier molecular flexibility index (Phi) is 5.97. The second-order valence-corrected chi connectivity index (χ2v) is 7.56. The molecule has 6 nitrogen and oxygen atoms in total. The topological polar surface area (TPSA) is 81.2 Å². The Labute approximate surface area is 176 Å². The minimum absolute atomic E-state index is 0.0806. The average molecular weight is 426 g/mol. The van der Waals surface area contributed by atoms with E-state index in [1.165, 1.54) is 11.8 Å². The molecule has 0 fully saturated rings. The maximum Gasteiger partial charge on any atom is 0.283 e. The van der Waals surface area contributed by atoms with Crippen LogP contribution in [0.3, 0.4) is 0 Å². The highest BCUT2D eigenvalue weighted by Gasteiger charge is 2.13. The molecule has 1 amide bonds. The summed E-state index contributed by atoms with van der Waals surface area (Å²) in [6.07, 6.45) is 1.54. The van der Waals surface area contributed by atoms with Gasteiger partial charge in [0, 0.05) is 22.0 Å². The molecule has 0 unspecified atom stereocenters. The number of halogens is 1. The number of aromatic nitrogens is 2. The SMILES string of the molecule is O=C(CSCc1ccc(Cl)cc1)Nc1cccc(-c2nnc(-c3ccco3)o2)c1. The number of nitrogens with one attached hydrogen (secondary N) is 1. The van der Waals surface area contributed by atoms with Crippen molar-refractivity contribution in [3.8, 4) is 23.1 Å². The van der Waals surface area contributed by atoms with Gasteiger partial charge in [-0.1, -0.05) is 29.8 Å². The molecular weight excluding hydrogens is 410 g/mol. The molecule has 146 valence electrons. The molecule has 8 heteroatoms. The lowest BCUT2D eigenvalue weighted by atomic mass is 10.2.